The zero-order valence-electron chi connectivity index (χ0n) is 8.42. The molecule has 0 aliphatic carbocycles. The molecule has 1 aromatic heterocycles. The molecule has 1 aromatic rings. The summed E-state index contributed by atoms with van der Waals surface area (Å²) >= 11 is 2.44. The maximum absolute atomic E-state index is 4.10. The van der Waals surface area contributed by atoms with Crippen LogP contribution in [0.3, 0.4) is 0 Å². The van der Waals surface area contributed by atoms with E-state index in [1.807, 2.05) is 17.8 Å². The summed E-state index contributed by atoms with van der Waals surface area (Å²) < 4.78 is 2.04. The Labute approximate surface area is 93.0 Å². The number of aromatic nitrogens is 3. The lowest BCUT2D eigenvalue weighted by molar-refractivity contribution is 0.410. The van der Waals surface area contributed by atoms with E-state index in [0.717, 1.165) is 12.1 Å². The molecule has 13 heavy (non-hydrogen) atoms. The van der Waals surface area contributed by atoms with Crippen LogP contribution in [0.25, 0.3) is 0 Å². The lowest BCUT2D eigenvalue weighted by atomic mass is 10.1. The molecule has 0 spiro atoms. The Bertz CT molecular complexity index is 268. The minimum Gasteiger partial charge on any atom is -0.237 e. The maximum atomic E-state index is 4.10. The summed E-state index contributed by atoms with van der Waals surface area (Å²) in [7, 11) is 0. The van der Waals surface area contributed by atoms with Gasteiger partial charge in [0.2, 0.25) is 0 Å². The van der Waals surface area contributed by atoms with Crippen LogP contribution in [0, 0.1) is 6.92 Å². The standard InChI is InChI=1S/C9H16IN3/c1-4-5-6-9(3,10)13-7-8(2)11-12-13/h7H,4-6H2,1-3H3. The first-order valence-electron chi connectivity index (χ1n) is 4.64. The molecule has 0 bridgehead atoms. The first-order chi connectivity index (χ1) is 6.06. The number of hydrogen-bond acceptors (Lipinski definition) is 2. The number of alkyl halides is 1. The summed E-state index contributed by atoms with van der Waals surface area (Å²) in [5.41, 5.74) is 0.986. The van der Waals surface area contributed by atoms with Gasteiger partial charge in [-0.2, -0.15) is 0 Å². The summed E-state index contributed by atoms with van der Waals surface area (Å²) in [6, 6.07) is 0. The minimum atomic E-state index is 0.0784. The van der Waals surface area contributed by atoms with Crippen LogP contribution in [-0.4, -0.2) is 15.0 Å². The Kier molecular flexibility index (Phi) is 3.70. The second-order valence-electron chi connectivity index (χ2n) is 3.55. The van der Waals surface area contributed by atoms with E-state index in [-0.39, 0.29) is 3.55 Å². The third-order valence-corrected chi connectivity index (χ3v) is 3.11. The Morgan fingerprint density at radius 1 is 1.62 bits per heavy atom. The molecule has 0 aliphatic rings. The molecule has 0 saturated carbocycles. The smallest absolute Gasteiger partial charge is 0.112 e. The fourth-order valence-electron chi connectivity index (χ4n) is 1.19. The topological polar surface area (TPSA) is 30.7 Å². The largest absolute Gasteiger partial charge is 0.237 e. The predicted molar refractivity (Wildman–Crippen MR) is 62.0 cm³/mol. The molecule has 0 aliphatic heterocycles. The molecule has 1 atom stereocenters. The van der Waals surface area contributed by atoms with E-state index >= 15 is 0 Å². The number of hydrogen-bond donors (Lipinski definition) is 0. The highest BCUT2D eigenvalue weighted by atomic mass is 127. The summed E-state index contributed by atoms with van der Waals surface area (Å²) in [6.07, 6.45) is 5.61. The first kappa shape index (κ1) is 10.9. The Balaban J connectivity index is 2.68. The van der Waals surface area contributed by atoms with Crippen molar-refractivity contribution in [1.29, 1.82) is 0 Å². The van der Waals surface area contributed by atoms with Crippen molar-refractivity contribution in [3.63, 3.8) is 0 Å². The predicted octanol–water partition coefficient (Wildman–Crippen LogP) is 2.88. The Morgan fingerprint density at radius 3 is 2.77 bits per heavy atom. The van der Waals surface area contributed by atoms with Gasteiger partial charge in [-0.25, -0.2) is 4.68 Å². The molecular formula is C9H16IN3. The summed E-state index contributed by atoms with van der Waals surface area (Å²) in [4.78, 5) is 0. The molecule has 0 saturated heterocycles. The van der Waals surface area contributed by atoms with Crippen LogP contribution in [-0.2, 0) is 3.55 Å². The van der Waals surface area contributed by atoms with Gasteiger partial charge in [-0.05, 0) is 20.3 Å². The van der Waals surface area contributed by atoms with Gasteiger partial charge in [0, 0.05) is 6.20 Å². The highest BCUT2D eigenvalue weighted by molar-refractivity contribution is 14.1. The minimum absolute atomic E-state index is 0.0784. The Hall–Kier alpha value is -0.130. The second kappa shape index (κ2) is 4.39. The van der Waals surface area contributed by atoms with E-state index in [2.05, 4.69) is 46.8 Å². The molecule has 0 fully saturated rings. The summed E-state index contributed by atoms with van der Waals surface area (Å²) in [6.45, 7) is 6.37. The normalized spacial score (nSPS) is 15.7. The van der Waals surface area contributed by atoms with E-state index in [0.29, 0.717) is 0 Å². The SMILES string of the molecule is CCCCC(C)(I)n1cc(C)nn1. The van der Waals surface area contributed by atoms with Crippen LogP contribution in [0.5, 0.6) is 0 Å². The molecule has 1 rings (SSSR count). The van der Waals surface area contributed by atoms with Crippen LogP contribution in [0.15, 0.2) is 6.20 Å². The van der Waals surface area contributed by atoms with E-state index in [9.17, 15) is 0 Å². The molecule has 3 nitrogen and oxygen atoms in total. The second-order valence-corrected chi connectivity index (χ2v) is 5.87. The van der Waals surface area contributed by atoms with Gasteiger partial charge in [0.15, 0.2) is 0 Å². The van der Waals surface area contributed by atoms with Crippen molar-refractivity contribution >= 4 is 22.6 Å². The molecule has 0 aromatic carbocycles. The van der Waals surface area contributed by atoms with Crippen molar-refractivity contribution in [3.8, 4) is 0 Å². The third-order valence-electron chi connectivity index (χ3n) is 2.07. The van der Waals surface area contributed by atoms with Gasteiger partial charge in [0.1, 0.15) is 3.55 Å². The zero-order valence-corrected chi connectivity index (χ0v) is 10.6. The maximum Gasteiger partial charge on any atom is 0.112 e. The van der Waals surface area contributed by atoms with Crippen molar-refractivity contribution in [2.45, 2.75) is 43.6 Å². The van der Waals surface area contributed by atoms with E-state index in [4.69, 9.17) is 0 Å². The molecular weight excluding hydrogens is 277 g/mol. The van der Waals surface area contributed by atoms with Crippen LogP contribution < -0.4 is 0 Å². The summed E-state index contributed by atoms with van der Waals surface area (Å²) in [5.74, 6) is 0. The van der Waals surface area contributed by atoms with Gasteiger partial charge in [-0.15, -0.1) is 5.10 Å². The van der Waals surface area contributed by atoms with Crippen LogP contribution in [0.2, 0.25) is 0 Å². The highest BCUT2D eigenvalue weighted by Gasteiger charge is 2.22. The first-order valence-corrected chi connectivity index (χ1v) is 5.72. The van der Waals surface area contributed by atoms with Gasteiger partial charge in [-0.3, -0.25) is 0 Å². The van der Waals surface area contributed by atoms with Crippen molar-refractivity contribution in [2.24, 2.45) is 0 Å². The molecule has 0 radical (unpaired) electrons. The van der Waals surface area contributed by atoms with E-state index < -0.39 is 0 Å². The van der Waals surface area contributed by atoms with Gasteiger partial charge in [-0.1, -0.05) is 47.6 Å². The van der Waals surface area contributed by atoms with Gasteiger partial charge in [0.05, 0.1) is 5.69 Å². The van der Waals surface area contributed by atoms with Crippen LogP contribution in [0.1, 0.15) is 38.8 Å². The quantitative estimate of drug-likeness (QED) is 0.631. The molecule has 0 amide bonds. The van der Waals surface area contributed by atoms with Gasteiger partial charge in [0.25, 0.3) is 0 Å². The monoisotopic (exact) mass is 293 g/mol. The van der Waals surface area contributed by atoms with Crippen LogP contribution in [0.4, 0.5) is 0 Å². The van der Waals surface area contributed by atoms with Crippen molar-refractivity contribution in [1.82, 2.24) is 15.0 Å². The average Bonchev–Trinajstić information content (AvgIpc) is 2.49. The molecule has 0 N–H and O–H groups in total. The van der Waals surface area contributed by atoms with Crippen molar-refractivity contribution in [3.05, 3.63) is 11.9 Å². The number of unbranched alkanes of at least 4 members (excludes halogenated alkanes) is 1. The van der Waals surface area contributed by atoms with Crippen molar-refractivity contribution < 1.29 is 0 Å². The summed E-state index contributed by atoms with van der Waals surface area (Å²) in [5, 5.41) is 8.10. The zero-order chi connectivity index (χ0) is 9.90. The Morgan fingerprint density at radius 2 is 2.31 bits per heavy atom. The molecule has 1 heterocycles. The highest BCUT2D eigenvalue weighted by Crippen LogP contribution is 2.29. The lowest BCUT2D eigenvalue weighted by Gasteiger charge is -2.21. The molecule has 74 valence electrons. The average molecular weight is 293 g/mol. The van der Waals surface area contributed by atoms with Crippen molar-refractivity contribution in [2.75, 3.05) is 0 Å². The lowest BCUT2D eigenvalue weighted by Crippen LogP contribution is -2.23. The number of rotatable bonds is 4. The number of nitrogens with zero attached hydrogens (tertiary/aromatic N) is 3. The van der Waals surface area contributed by atoms with Gasteiger partial charge >= 0.3 is 0 Å². The van der Waals surface area contributed by atoms with E-state index in [1.165, 1.54) is 12.8 Å². The number of aryl methyl sites for hydroxylation is 1. The fourth-order valence-corrected chi connectivity index (χ4v) is 1.81. The van der Waals surface area contributed by atoms with Crippen LogP contribution >= 0.6 is 22.6 Å². The number of halogens is 1. The van der Waals surface area contributed by atoms with E-state index in [1.54, 1.807) is 0 Å². The third kappa shape index (κ3) is 2.93. The molecule has 4 heteroatoms. The fraction of sp³-hybridized carbons (Fsp3) is 0.778. The van der Waals surface area contributed by atoms with Gasteiger partial charge < -0.3 is 0 Å². The molecule has 1 unspecified atom stereocenters.